The third-order valence-electron chi connectivity index (χ3n) is 5.63. The maximum Gasteiger partial charge on any atom is 0.325 e. The lowest BCUT2D eigenvalue weighted by molar-refractivity contribution is -0.143. The molecule has 2 aliphatic rings. The number of esters is 1. The number of benzene rings is 2. The monoisotopic (exact) mass is 441 g/mol. The Morgan fingerprint density at radius 3 is 2.61 bits per heavy atom. The van der Waals surface area contributed by atoms with Gasteiger partial charge in [0.25, 0.3) is 5.91 Å². The summed E-state index contributed by atoms with van der Waals surface area (Å²) < 4.78 is 4.84. The van der Waals surface area contributed by atoms with Crippen LogP contribution >= 0.6 is 0 Å². The molecule has 0 bridgehead atoms. The van der Waals surface area contributed by atoms with Gasteiger partial charge in [0, 0.05) is 17.7 Å². The summed E-state index contributed by atoms with van der Waals surface area (Å²) in [4.78, 5) is 38.9. The largest absolute Gasteiger partial charge is 0.465 e. The molecule has 1 saturated heterocycles. The molecule has 6 nitrogen and oxygen atoms in total. The van der Waals surface area contributed by atoms with E-state index in [0.29, 0.717) is 18.5 Å². The van der Waals surface area contributed by atoms with E-state index in [2.05, 4.69) is 17.2 Å². The van der Waals surface area contributed by atoms with E-state index in [1.165, 1.54) is 0 Å². The molecule has 1 saturated carbocycles. The van der Waals surface area contributed by atoms with Gasteiger partial charge in [0.2, 0.25) is 5.91 Å². The zero-order valence-corrected chi connectivity index (χ0v) is 18.5. The van der Waals surface area contributed by atoms with Crippen LogP contribution in [0.25, 0.3) is 10.8 Å². The van der Waals surface area contributed by atoms with Crippen molar-refractivity contribution in [3.8, 4) is 11.8 Å². The van der Waals surface area contributed by atoms with Gasteiger partial charge in [-0.05, 0) is 80.5 Å². The Kier molecular flexibility index (Phi) is 7.29. The molecule has 33 heavy (non-hydrogen) atoms. The first kappa shape index (κ1) is 22.8. The van der Waals surface area contributed by atoms with Gasteiger partial charge >= 0.3 is 5.97 Å². The Morgan fingerprint density at radius 2 is 1.82 bits per heavy atom. The van der Waals surface area contributed by atoms with Gasteiger partial charge in [-0.3, -0.25) is 14.4 Å². The van der Waals surface area contributed by atoms with Crippen molar-refractivity contribution in [3.05, 3.63) is 79.1 Å². The van der Waals surface area contributed by atoms with Crippen LogP contribution in [0.5, 0.6) is 0 Å². The molecule has 1 atom stereocenters. The predicted octanol–water partition coefficient (Wildman–Crippen LogP) is 2.88. The van der Waals surface area contributed by atoms with E-state index in [1.807, 2.05) is 56.0 Å². The van der Waals surface area contributed by atoms with E-state index < -0.39 is 12.0 Å². The van der Waals surface area contributed by atoms with Crippen molar-refractivity contribution in [1.82, 2.24) is 10.2 Å². The number of fused-ring (bicyclic) bond motifs is 1. The van der Waals surface area contributed by atoms with Crippen LogP contribution in [0, 0.1) is 43.4 Å². The van der Waals surface area contributed by atoms with Gasteiger partial charge in [-0.15, -0.1) is 0 Å². The van der Waals surface area contributed by atoms with E-state index in [1.54, 1.807) is 17.9 Å². The van der Waals surface area contributed by atoms with Crippen molar-refractivity contribution < 1.29 is 19.1 Å². The van der Waals surface area contributed by atoms with Crippen molar-refractivity contribution >= 4 is 28.6 Å². The van der Waals surface area contributed by atoms with Crippen molar-refractivity contribution in [1.29, 1.82) is 0 Å². The summed E-state index contributed by atoms with van der Waals surface area (Å²) in [7, 11) is 0. The average Bonchev–Trinajstić information content (AvgIpc) is 3.53. The quantitative estimate of drug-likeness (QED) is 0.572. The Balaban J connectivity index is 1.44. The molecule has 0 spiro atoms. The summed E-state index contributed by atoms with van der Waals surface area (Å²) in [5.74, 6) is 6.26. The number of amides is 2. The lowest BCUT2D eigenvalue weighted by Gasteiger charge is -2.24. The molecule has 167 valence electrons. The summed E-state index contributed by atoms with van der Waals surface area (Å²) in [6.07, 6.45) is 9.15. The molecule has 2 aromatic carbocycles. The number of hydrogen-bond acceptors (Lipinski definition) is 4. The summed E-state index contributed by atoms with van der Waals surface area (Å²) in [5, 5.41) is 4.51. The Hall–Kier alpha value is -3.33. The molecule has 2 aromatic rings. The van der Waals surface area contributed by atoms with E-state index in [4.69, 9.17) is 4.74 Å². The number of rotatable bonds is 5. The minimum Gasteiger partial charge on any atom is -0.465 e. The highest BCUT2D eigenvalue weighted by molar-refractivity contribution is 6.01. The lowest BCUT2D eigenvalue weighted by Crippen LogP contribution is -2.47. The normalized spacial score (nSPS) is 18.1. The molecule has 1 aliphatic carbocycles. The molecule has 0 unspecified atom stereocenters. The van der Waals surface area contributed by atoms with Crippen LogP contribution in [0.3, 0.4) is 0 Å². The molecule has 1 aliphatic heterocycles. The molecular weight excluding hydrogens is 416 g/mol. The second-order valence-corrected chi connectivity index (χ2v) is 7.88. The Bertz CT molecular complexity index is 1110. The smallest absolute Gasteiger partial charge is 0.325 e. The van der Waals surface area contributed by atoms with Crippen molar-refractivity contribution in [2.75, 3.05) is 19.7 Å². The number of carbonyl (C=O) groups is 3. The topological polar surface area (TPSA) is 75.7 Å². The minimum absolute atomic E-state index is 0.189. The second kappa shape index (κ2) is 10.5. The number of likely N-dealkylation sites (tertiary alicyclic amines) is 1. The summed E-state index contributed by atoms with van der Waals surface area (Å²) in [5.41, 5.74) is 1.43. The highest BCUT2D eigenvalue weighted by Crippen LogP contribution is 2.24. The van der Waals surface area contributed by atoms with Crippen molar-refractivity contribution in [3.63, 3.8) is 0 Å². The molecular formula is C27H25N2O4. The zero-order valence-electron chi connectivity index (χ0n) is 18.5. The van der Waals surface area contributed by atoms with E-state index in [0.717, 1.165) is 28.7 Å². The maximum absolute atomic E-state index is 13.2. The maximum atomic E-state index is 13.2. The van der Waals surface area contributed by atoms with Crippen LogP contribution in [0.1, 0.15) is 35.7 Å². The fourth-order valence-corrected chi connectivity index (χ4v) is 4.00. The van der Waals surface area contributed by atoms with Gasteiger partial charge in [-0.1, -0.05) is 24.0 Å². The van der Waals surface area contributed by atoms with Gasteiger partial charge < -0.3 is 15.0 Å². The molecule has 2 fully saturated rings. The number of ether oxygens (including phenoxy) is 1. The summed E-state index contributed by atoms with van der Waals surface area (Å²) in [6.45, 7) is 2.27. The molecule has 4 rings (SSSR count). The van der Waals surface area contributed by atoms with Gasteiger partial charge in [-0.2, -0.15) is 0 Å². The van der Waals surface area contributed by atoms with E-state index in [9.17, 15) is 14.4 Å². The van der Waals surface area contributed by atoms with Gasteiger partial charge in [0.1, 0.15) is 12.6 Å². The first-order valence-corrected chi connectivity index (χ1v) is 11.1. The second-order valence-electron chi connectivity index (χ2n) is 7.88. The standard InChI is InChI=1S/C27H25N2O4/c1-2-33-25(30)18-28-26(31)24-8-5-15-29(24)27(32)23-14-13-21-16-20(11-12-22(21)17-23)10-9-19-6-3-4-7-19/h3-4,6-7,11-14,16-17,24H,2,5,8,15,18H2,1H3,(H,28,31)/t24-/m0/s1. The van der Waals surface area contributed by atoms with Gasteiger partial charge in [0.15, 0.2) is 0 Å². The highest BCUT2D eigenvalue weighted by atomic mass is 16.5. The van der Waals surface area contributed by atoms with Gasteiger partial charge in [0.05, 0.1) is 12.5 Å². The molecule has 5 radical (unpaired) electrons. The zero-order chi connectivity index (χ0) is 23.2. The Morgan fingerprint density at radius 1 is 1.06 bits per heavy atom. The third kappa shape index (κ3) is 5.54. The fraction of sp³-hybridized carbons (Fsp3) is 0.259. The molecule has 6 heteroatoms. The van der Waals surface area contributed by atoms with Crippen LogP contribution in [0.4, 0.5) is 0 Å². The summed E-state index contributed by atoms with van der Waals surface area (Å²) in [6, 6.07) is 10.8. The Labute approximate surface area is 194 Å². The van der Waals surface area contributed by atoms with E-state index >= 15 is 0 Å². The van der Waals surface area contributed by atoms with Crippen molar-refractivity contribution in [2.24, 2.45) is 0 Å². The number of nitrogens with zero attached hydrogens (tertiary/aromatic N) is 1. The molecule has 0 aromatic heterocycles. The van der Waals surface area contributed by atoms with Crippen molar-refractivity contribution in [2.45, 2.75) is 25.8 Å². The predicted molar refractivity (Wildman–Crippen MR) is 125 cm³/mol. The van der Waals surface area contributed by atoms with E-state index in [-0.39, 0.29) is 25.0 Å². The first-order chi connectivity index (χ1) is 16.0. The third-order valence-corrected chi connectivity index (χ3v) is 5.63. The fourth-order valence-electron chi connectivity index (χ4n) is 4.00. The average molecular weight is 442 g/mol. The SMILES string of the molecule is CCOC(=O)CNC(=O)[C@@H]1CCCN1C(=O)c1ccc2cc(C#C[C]3[CH][CH][CH][CH]3)ccc2c1. The van der Waals surface area contributed by atoms with Crippen LogP contribution in [-0.4, -0.2) is 48.4 Å². The number of hydrogen-bond donors (Lipinski definition) is 1. The molecule has 1 N–H and O–H groups in total. The lowest BCUT2D eigenvalue weighted by atomic mass is 10.0. The first-order valence-electron chi connectivity index (χ1n) is 11.1. The summed E-state index contributed by atoms with van der Waals surface area (Å²) >= 11 is 0. The van der Waals surface area contributed by atoms with Crippen LogP contribution in [0.15, 0.2) is 36.4 Å². The molecule has 1 heterocycles. The molecule has 2 amide bonds. The minimum atomic E-state index is -0.587. The number of nitrogens with one attached hydrogen (secondary N) is 1. The van der Waals surface area contributed by atoms with Gasteiger partial charge in [-0.25, -0.2) is 0 Å². The van der Waals surface area contributed by atoms with Crippen LogP contribution in [0.2, 0.25) is 0 Å². The highest BCUT2D eigenvalue weighted by Gasteiger charge is 2.34. The number of carbonyl (C=O) groups excluding carboxylic acids is 3. The van der Waals surface area contributed by atoms with Crippen LogP contribution < -0.4 is 5.32 Å². The van der Waals surface area contributed by atoms with Crippen LogP contribution in [-0.2, 0) is 14.3 Å².